The van der Waals surface area contributed by atoms with Gasteiger partial charge in [-0.2, -0.15) is 0 Å². The van der Waals surface area contributed by atoms with Crippen LogP contribution in [0.25, 0.3) is 5.69 Å². The summed E-state index contributed by atoms with van der Waals surface area (Å²) in [5.41, 5.74) is 0.355. The van der Waals surface area contributed by atoms with Gasteiger partial charge in [0.1, 0.15) is 16.5 Å². The Labute approximate surface area is 181 Å². The van der Waals surface area contributed by atoms with Crippen molar-refractivity contribution in [2.75, 3.05) is 7.11 Å². The number of rotatable bonds is 6. The fraction of sp³-hybridized carbons (Fsp3) is 0.167. The number of methoxy groups -OCH3 is 1. The summed E-state index contributed by atoms with van der Waals surface area (Å²) in [6, 6.07) is 7.65. The van der Waals surface area contributed by atoms with E-state index in [0.29, 0.717) is 5.69 Å². The van der Waals surface area contributed by atoms with Gasteiger partial charge in [0.05, 0.1) is 28.5 Å². The average molecular weight is 473 g/mol. The summed E-state index contributed by atoms with van der Waals surface area (Å²) in [7, 11) is -2.96. The van der Waals surface area contributed by atoms with Crippen molar-refractivity contribution in [2.45, 2.75) is 18.2 Å². The van der Waals surface area contributed by atoms with Crippen molar-refractivity contribution in [1.82, 2.24) is 19.7 Å². The van der Waals surface area contributed by atoms with Gasteiger partial charge >= 0.3 is 0 Å². The lowest BCUT2D eigenvalue weighted by molar-refractivity contribution is 0.0975. The summed E-state index contributed by atoms with van der Waals surface area (Å²) >= 11 is 12.0. The van der Waals surface area contributed by atoms with E-state index in [1.807, 2.05) is 4.72 Å². The summed E-state index contributed by atoms with van der Waals surface area (Å²) in [4.78, 5) is 12.4. The molecule has 1 N–H and O–H groups in total. The molecule has 12 heteroatoms. The van der Waals surface area contributed by atoms with E-state index in [1.165, 1.54) is 42.1 Å². The number of sulfonamides is 1. The van der Waals surface area contributed by atoms with E-state index in [-0.39, 0.29) is 38.5 Å². The van der Waals surface area contributed by atoms with Crippen LogP contribution in [0.15, 0.2) is 41.3 Å². The van der Waals surface area contributed by atoms with Crippen LogP contribution >= 0.6 is 23.2 Å². The first-order valence-corrected chi connectivity index (χ1v) is 10.7. The molecule has 0 aliphatic heterocycles. The molecule has 0 aliphatic carbocycles. The molecule has 0 atom stereocenters. The molecular formula is C18H15Cl2FN4O4S. The van der Waals surface area contributed by atoms with Gasteiger partial charge in [-0.1, -0.05) is 35.3 Å². The van der Waals surface area contributed by atoms with Crippen molar-refractivity contribution in [2.24, 2.45) is 0 Å². The van der Waals surface area contributed by atoms with Gasteiger partial charge in [-0.25, -0.2) is 22.2 Å². The van der Waals surface area contributed by atoms with Crippen LogP contribution in [0.4, 0.5) is 4.39 Å². The Morgan fingerprint density at radius 3 is 2.57 bits per heavy atom. The number of carbonyl (C=O) groups excluding carboxylic acids is 1. The maximum atomic E-state index is 13.3. The third-order valence-corrected chi connectivity index (χ3v) is 6.22. The van der Waals surface area contributed by atoms with Crippen molar-refractivity contribution >= 4 is 39.1 Å². The van der Waals surface area contributed by atoms with Gasteiger partial charge in [-0.15, -0.1) is 5.10 Å². The highest BCUT2D eigenvalue weighted by Gasteiger charge is 2.27. The zero-order valence-electron chi connectivity index (χ0n) is 15.7. The summed E-state index contributed by atoms with van der Waals surface area (Å²) in [5.74, 6) is -1.30. The normalized spacial score (nSPS) is 11.4. The third kappa shape index (κ3) is 4.25. The largest absolute Gasteiger partial charge is 0.497 e. The van der Waals surface area contributed by atoms with Crippen LogP contribution in [0, 0.1) is 5.82 Å². The standard InChI is InChI=1S/C18H15Cl2FN4O4S/c1-3-14-17(22-24-25(14)15-7-4-10(21)8-13(15)20)18(26)23-30(27,28)16-9-11(29-2)5-6-12(16)19/h4-9H,3H2,1-2H3,(H,23,26). The van der Waals surface area contributed by atoms with Gasteiger partial charge in [0.15, 0.2) is 5.69 Å². The van der Waals surface area contributed by atoms with Crippen molar-refractivity contribution < 1.29 is 22.3 Å². The van der Waals surface area contributed by atoms with Crippen molar-refractivity contribution in [1.29, 1.82) is 0 Å². The molecule has 158 valence electrons. The van der Waals surface area contributed by atoms with E-state index in [1.54, 1.807) is 6.92 Å². The van der Waals surface area contributed by atoms with Crippen LogP contribution in [0.2, 0.25) is 10.0 Å². The van der Waals surface area contributed by atoms with Crippen LogP contribution in [-0.4, -0.2) is 36.4 Å². The maximum absolute atomic E-state index is 13.3. The highest BCUT2D eigenvalue weighted by atomic mass is 35.5. The van der Waals surface area contributed by atoms with E-state index in [9.17, 15) is 17.6 Å². The van der Waals surface area contributed by atoms with Gasteiger partial charge in [-0.3, -0.25) is 4.79 Å². The molecule has 2 aromatic carbocycles. The molecule has 0 radical (unpaired) electrons. The fourth-order valence-electron chi connectivity index (χ4n) is 2.68. The Morgan fingerprint density at radius 1 is 1.20 bits per heavy atom. The molecule has 3 rings (SSSR count). The highest BCUT2D eigenvalue weighted by molar-refractivity contribution is 7.90. The number of ether oxygens (including phenoxy) is 1. The first kappa shape index (κ1) is 22.0. The number of aromatic nitrogens is 3. The molecule has 0 bridgehead atoms. The number of halogens is 3. The second-order valence-corrected chi connectivity index (χ2v) is 8.44. The number of benzene rings is 2. The second-order valence-electron chi connectivity index (χ2n) is 5.98. The molecule has 30 heavy (non-hydrogen) atoms. The summed E-state index contributed by atoms with van der Waals surface area (Å²) in [6.45, 7) is 1.72. The van der Waals surface area contributed by atoms with E-state index in [4.69, 9.17) is 27.9 Å². The van der Waals surface area contributed by atoms with Crippen LogP contribution < -0.4 is 9.46 Å². The van der Waals surface area contributed by atoms with Crippen LogP contribution in [0.3, 0.4) is 0 Å². The summed E-state index contributed by atoms with van der Waals surface area (Å²) in [6.07, 6.45) is 0.267. The lowest BCUT2D eigenvalue weighted by Gasteiger charge is -2.10. The number of hydrogen-bond donors (Lipinski definition) is 1. The third-order valence-electron chi connectivity index (χ3n) is 4.11. The molecule has 3 aromatic rings. The topological polar surface area (TPSA) is 103 Å². The fourth-order valence-corrected chi connectivity index (χ4v) is 4.40. The highest BCUT2D eigenvalue weighted by Crippen LogP contribution is 2.27. The van der Waals surface area contributed by atoms with Gasteiger partial charge in [-0.05, 0) is 36.8 Å². The molecule has 0 spiro atoms. The zero-order valence-corrected chi connectivity index (χ0v) is 18.0. The summed E-state index contributed by atoms with van der Waals surface area (Å²) < 4.78 is 46.9. The molecule has 0 saturated carbocycles. The van der Waals surface area contributed by atoms with Crippen LogP contribution in [0.1, 0.15) is 23.1 Å². The minimum absolute atomic E-state index is 0.0531. The van der Waals surface area contributed by atoms with Gasteiger partial charge < -0.3 is 4.74 Å². The molecule has 1 heterocycles. The summed E-state index contributed by atoms with van der Waals surface area (Å²) in [5, 5.41) is 7.63. The van der Waals surface area contributed by atoms with Crippen molar-refractivity contribution in [3.05, 3.63) is 63.6 Å². The number of nitrogens with one attached hydrogen (secondary N) is 1. The SMILES string of the molecule is CCc1c(C(=O)NS(=O)(=O)c2cc(OC)ccc2Cl)nnn1-c1ccc(F)cc1Cl. The molecular weight excluding hydrogens is 458 g/mol. The van der Waals surface area contributed by atoms with E-state index < -0.39 is 21.7 Å². The van der Waals surface area contributed by atoms with Gasteiger partial charge in [0.25, 0.3) is 15.9 Å². The molecule has 8 nitrogen and oxygen atoms in total. The Kier molecular flexibility index (Phi) is 6.30. The molecule has 1 amide bonds. The number of hydrogen-bond acceptors (Lipinski definition) is 6. The van der Waals surface area contributed by atoms with Crippen LogP contribution in [0.5, 0.6) is 5.75 Å². The molecule has 0 unspecified atom stereocenters. The monoisotopic (exact) mass is 472 g/mol. The first-order chi connectivity index (χ1) is 14.2. The zero-order chi connectivity index (χ0) is 22.1. The molecule has 0 aliphatic rings. The minimum atomic E-state index is -4.33. The Bertz CT molecular complexity index is 1230. The number of carbonyl (C=O) groups is 1. The second kappa shape index (κ2) is 8.58. The first-order valence-electron chi connectivity index (χ1n) is 8.48. The Hall–Kier alpha value is -2.69. The van der Waals surface area contributed by atoms with E-state index >= 15 is 0 Å². The van der Waals surface area contributed by atoms with E-state index in [2.05, 4.69) is 10.3 Å². The molecule has 1 aromatic heterocycles. The van der Waals surface area contributed by atoms with E-state index in [0.717, 1.165) is 6.07 Å². The number of amides is 1. The predicted octanol–water partition coefficient (Wildman–Crippen LogP) is 3.40. The molecule has 0 saturated heterocycles. The minimum Gasteiger partial charge on any atom is -0.497 e. The predicted molar refractivity (Wildman–Crippen MR) is 108 cm³/mol. The number of nitrogens with zero attached hydrogens (tertiary/aromatic N) is 3. The lowest BCUT2D eigenvalue weighted by Crippen LogP contribution is -2.31. The van der Waals surface area contributed by atoms with Crippen molar-refractivity contribution in [3.63, 3.8) is 0 Å². The van der Waals surface area contributed by atoms with Gasteiger partial charge in [0.2, 0.25) is 0 Å². The smallest absolute Gasteiger partial charge is 0.287 e. The van der Waals surface area contributed by atoms with Crippen LogP contribution in [-0.2, 0) is 16.4 Å². The Morgan fingerprint density at radius 2 is 1.93 bits per heavy atom. The Balaban J connectivity index is 1.97. The quantitative estimate of drug-likeness (QED) is 0.589. The average Bonchev–Trinajstić information content (AvgIpc) is 3.11. The molecule has 0 fully saturated rings. The lowest BCUT2D eigenvalue weighted by atomic mass is 10.2. The maximum Gasteiger partial charge on any atom is 0.287 e. The van der Waals surface area contributed by atoms with Crippen molar-refractivity contribution in [3.8, 4) is 11.4 Å². The van der Waals surface area contributed by atoms with Gasteiger partial charge in [0, 0.05) is 6.07 Å².